The molecule has 0 bridgehead atoms. The lowest BCUT2D eigenvalue weighted by Gasteiger charge is -2.28. The summed E-state index contributed by atoms with van der Waals surface area (Å²) in [6.07, 6.45) is 13.0. The molecule has 0 aromatic heterocycles. The number of aliphatic hydroxyl groups excluding tert-OH is 1. The van der Waals surface area contributed by atoms with Crippen LogP contribution in [0.15, 0.2) is 90.9 Å². The summed E-state index contributed by atoms with van der Waals surface area (Å²) in [7, 11) is 0. The van der Waals surface area contributed by atoms with Crippen LogP contribution < -0.4 is 5.32 Å². The topological polar surface area (TPSA) is 77.3 Å². The molecule has 0 heterocycles. The SMILES string of the molecule is C/C=C1/C=C(N/C(=N/C(C=C(C)C)=C/C)N(CC=O)CC(=C/C)/C(Br)=C\C(C)F)C(O)=C/C1=N/C(C)CC. The van der Waals surface area contributed by atoms with Gasteiger partial charge in [0.1, 0.15) is 18.2 Å². The van der Waals surface area contributed by atoms with Gasteiger partial charge in [-0.2, -0.15) is 0 Å². The Hall–Kier alpha value is -3.00. The summed E-state index contributed by atoms with van der Waals surface area (Å²) in [6, 6.07) is 0.117. The zero-order valence-electron chi connectivity index (χ0n) is 23.8. The van der Waals surface area contributed by atoms with Crippen LogP contribution in [0.1, 0.15) is 61.8 Å². The largest absolute Gasteiger partial charge is 0.506 e. The standard InChI is InChI=1S/C30H42BrFN4O2/c1-9-22(8)33-27-18-29(38)28(17-23(27)10-2)35-30(34-25(12-4)15-20(5)6)36(13-14-37)19-24(11-3)26(31)16-21(7)32/h10-12,14-18,21-22,38H,9,13,19H2,1-8H3,(H,34,35)/b23-10-,24-11-,25-12+,26-16+,33-27-. The predicted molar refractivity (Wildman–Crippen MR) is 162 cm³/mol. The van der Waals surface area contributed by atoms with Gasteiger partial charge in [0.2, 0.25) is 5.96 Å². The highest BCUT2D eigenvalue weighted by Gasteiger charge is 2.21. The molecule has 38 heavy (non-hydrogen) atoms. The quantitative estimate of drug-likeness (QED) is 0.114. The second kappa shape index (κ2) is 16.8. The van der Waals surface area contributed by atoms with Crippen LogP contribution in [0.4, 0.5) is 4.39 Å². The van der Waals surface area contributed by atoms with Crippen molar-refractivity contribution in [3.63, 3.8) is 0 Å². The molecule has 8 heteroatoms. The van der Waals surface area contributed by atoms with E-state index in [0.717, 1.165) is 29.4 Å². The van der Waals surface area contributed by atoms with E-state index in [9.17, 15) is 14.3 Å². The van der Waals surface area contributed by atoms with E-state index >= 15 is 0 Å². The van der Waals surface area contributed by atoms with Gasteiger partial charge < -0.3 is 20.1 Å². The Morgan fingerprint density at radius 3 is 2.39 bits per heavy atom. The van der Waals surface area contributed by atoms with E-state index in [4.69, 9.17) is 9.98 Å². The van der Waals surface area contributed by atoms with Crippen LogP contribution in [0.3, 0.4) is 0 Å². The van der Waals surface area contributed by atoms with Crippen molar-refractivity contribution in [1.29, 1.82) is 0 Å². The number of carbonyl (C=O) groups excluding carboxylic acids is 1. The average molecular weight is 590 g/mol. The molecule has 0 saturated heterocycles. The Labute approximate surface area is 236 Å². The van der Waals surface area contributed by atoms with Crippen LogP contribution in [0.2, 0.25) is 0 Å². The third-order valence-corrected chi connectivity index (χ3v) is 6.38. The van der Waals surface area contributed by atoms with Gasteiger partial charge in [-0.15, -0.1) is 0 Å². The first-order valence-electron chi connectivity index (χ1n) is 12.9. The molecule has 0 radical (unpaired) electrons. The first-order valence-corrected chi connectivity index (χ1v) is 13.7. The molecule has 0 saturated carbocycles. The van der Waals surface area contributed by atoms with Crippen molar-refractivity contribution in [3.8, 4) is 0 Å². The number of aliphatic imine (C=N–C) groups is 2. The van der Waals surface area contributed by atoms with Crippen molar-refractivity contribution in [2.24, 2.45) is 9.98 Å². The van der Waals surface area contributed by atoms with Crippen LogP contribution in [-0.4, -0.2) is 53.3 Å². The lowest BCUT2D eigenvalue weighted by atomic mass is 10.0. The van der Waals surface area contributed by atoms with Crippen molar-refractivity contribution in [2.75, 3.05) is 13.1 Å². The normalized spacial score (nSPS) is 19.1. The maximum absolute atomic E-state index is 13.7. The molecule has 2 atom stereocenters. The molecular formula is C30H42BrFN4O2. The van der Waals surface area contributed by atoms with E-state index in [1.807, 2.05) is 71.9 Å². The van der Waals surface area contributed by atoms with Crippen LogP contribution in [0.5, 0.6) is 0 Å². The number of carbonyl (C=O) groups is 1. The third kappa shape index (κ3) is 10.8. The van der Waals surface area contributed by atoms with Crippen molar-refractivity contribution in [3.05, 3.63) is 80.9 Å². The number of alkyl halides is 1. The number of hydrogen-bond donors (Lipinski definition) is 2. The van der Waals surface area contributed by atoms with Gasteiger partial charge >= 0.3 is 0 Å². The van der Waals surface area contributed by atoms with Crippen LogP contribution in [-0.2, 0) is 4.79 Å². The van der Waals surface area contributed by atoms with Crippen LogP contribution in [0.25, 0.3) is 0 Å². The Morgan fingerprint density at radius 1 is 1.21 bits per heavy atom. The first-order chi connectivity index (χ1) is 18.0. The molecule has 0 spiro atoms. The fourth-order valence-corrected chi connectivity index (χ4v) is 4.12. The van der Waals surface area contributed by atoms with Crippen molar-refractivity contribution in [1.82, 2.24) is 10.2 Å². The second-order valence-corrected chi connectivity index (χ2v) is 10.0. The van der Waals surface area contributed by atoms with E-state index in [2.05, 4.69) is 28.2 Å². The number of nitrogens with one attached hydrogen (secondary N) is 1. The molecule has 1 aliphatic rings. The highest BCUT2D eigenvalue weighted by atomic mass is 79.9. The lowest BCUT2D eigenvalue weighted by Crippen LogP contribution is -2.43. The molecular weight excluding hydrogens is 547 g/mol. The Kier molecular flexibility index (Phi) is 14.6. The molecule has 6 nitrogen and oxygen atoms in total. The minimum atomic E-state index is -1.14. The number of hydrogen-bond acceptors (Lipinski definition) is 4. The second-order valence-electron chi connectivity index (χ2n) is 9.15. The van der Waals surface area contributed by atoms with E-state index in [1.165, 1.54) is 13.0 Å². The summed E-state index contributed by atoms with van der Waals surface area (Å²) >= 11 is 3.46. The fraction of sp³-hybridized carbons (Fsp3) is 0.433. The number of guanidine groups is 1. The molecule has 0 aliphatic heterocycles. The first kappa shape index (κ1) is 33.0. The van der Waals surface area contributed by atoms with Crippen LogP contribution >= 0.6 is 15.9 Å². The van der Waals surface area contributed by atoms with E-state index in [0.29, 0.717) is 27.5 Å². The lowest BCUT2D eigenvalue weighted by molar-refractivity contribution is -0.108. The average Bonchev–Trinajstić information content (AvgIpc) is 2.85. The number of nitrogens with zero attached hydrogens (tertiary/aromatic N) is 3. The molecule has 1 rings (SSSR count). The highest BCUT2D eigenvalue weighted by Crippen LogP contribution is 2.22. The zero-order chi connectivity index (χ0) is 28.8. The Morgan fingerprint density at radius 2 is 1.89 bits per heavy atom. The van der Waals surface area contributed by atoms with Crippen molar-refractivity contribution < 1.29 is 14.3 Å². The summed E-state index contributed by atoms with van der Waals surface area (Å²) in [5, 5.41) is 14.2. The van der Waals surface area contributed by atoms with Gasteiger partial charge in [0.15, 0.2) is 0 Å². The van der Waals surface area contributed by atoms with Gasteiger partial charge in [-0.3, -0.25) is 4.99 Å². The number of aldehydes is 1. The monoisotopic (exact) mass is 588 g/mol. The summed E-state index contributed by atoms with van der Waals surface area (Å²) in [5.74, 6) is 0.374. The highest BCUT2D eigenvalue weighted by molar-refractivity contribution is 9.12. The summed E-state index contributed by atoms with van der Waals surface area (Å²) in [4.78, 5) is 23.0. The number of halogens is 2. The fourth-order valence-electron chi connectivity index (χ4n) is 3.40. The molecule has 0 amide bonds. The van der Waals surface area contributed by atoms with Crippen LogP contribution in [0, 0.1) is 0 Å². The Bertz CT molecular complexity index is 1120. The predicted octanol–water partition coefficient (Wildman–Crippen LogP) is 7.41. The molecule has 208 valence electrons. The molecule has 2 N–H and O–H groups in total. The van der Waals surface area contributed by atoms with Gasteiger partial charge in [0.25, 0.3) is 0 Å². The van der Waals surface area contributed by atoms with Crippen molar-refractivity contribution in [2.45, 2.75) is 74.0 Å². The van der Waals surface area contributed by atoms with E-state index < -0.39 is 6.17 Å². The summed E-state index contributed by atoms with van der Waals surface area (Å²) < 4.78 is 14.3. The number of rotatable bonds is 11. The zero-order valence-corrected chi connectivity index (χ0v) is 25.4. The maximum Gasteiger partial charge on any atom is 0.204 e. The summed E-state index contributed by atoms with van der Waals surface area (Å²) in [6.45, 7) is 15.4. The molecule has 0 aromatic carbocycles. The van der Waals surface area contributed by atoms with Gasteiger partial charge in [-0.05, 0) is 84.3 Å². The van der Waals surface area contributed by atoms with Gasteiger partial charge in [-0.1, -0.05) is 46.7 Å². The molecule has 0 fully saturated rings. The van der Waals surface area contributed by atoms with Crippen molar-refractivity contribution >= 4 is 33.9 Å². The van der Waals surface area contributed by atoms with Gasteiger partial charge in [0, 0.05) is 23.1 Å². The third-order valence-electron chi connectivity index (χ3n) is 5.61. The Balaban J connectivity index is 3.63. The minimum Gasteiger partial charge on any atom is -0.506 e. The van der Waals surface area contributed by atoms with Gasteiger partial charge in [-0.25, -0.2) is 9.38 Å². The smallest absolute Gasteiger partial charge is 0.204 e. The number of allylic oxidation sites excluding steroid dienone is 9. The maximum atomic E-state index is 13.7. The minimum absolute atomic E-state index is 0.0132. The van der Waals surface area contributed by atoms with E-state index in [1.54, 1.807) is 11.0 Å². The number of aliphatic hydroxyl groups is 1. The van der Waals surface area contributed by atoms with Gasteiger partial charge in [0.05, 0.1) is 23.7 Å². The van der Waals surface area contributed by atoms with E-state index in [-0.39, 0.29) is 24.9 Å². The molecule has 2 unspecified atom stereocenters. The molecule has 0 aromatic rings. The summed E-state index contributed by atoms with van der Waals surface area (Å²) in [5.41, 5.74) is 4.52. The molecule has 1 aliphatic carbocycles.